The summed E-state index contributed by atoms with van der Waals surface area (Å²) in [7, 11) is 0. The molecule has 0 bridgehead atoms. The quantitative estimate of drug-likeness (QED) is 0.531. The number of nitro groups is 1. The Labute approximate surface area is 148 Å². The summed E-state index contributed by atoms with van der Waals surface area (Å²) in [5.74, 6) is -0.170. The number of amides is 1. The zero-order valence-electron chi connectivity index (χ0n) is 14.1. The lowest BCUT2D eigenvalue weighted by molar-refractivity contribution is -0.384. The molecule has 0 unspecified atom stereocenters. The third-order valence-corrected chi connectivity index (χ3v) is 3.54. The minimum Gasteiger partial charge on any atom is -0.401 e. The molecule has 10 heteroatoms. The molecule has 1 N–H and O–H groups in total. The second-order valence-electron chi connectivity index (χ2n) is 5.84. The lowest BCUT2D eigenvalue weighted by Gasteiger charge is -2.02. The molecule has 0 aliphatic heterocycles. The number of nitro benzene ring substituents is 1. The van der Waals surface area contributed by atoms with Crippen LogP contribution < -0.4 is 5.32 Å². The van der Waals surface area contributed by atoms with Gasteiger partial charge in [-0.15, -0.1) is 5.10 Å². The van der Waals surface area contributed by atoms with Crippen LogP contribution in [0.5, 0.6) is 0 Å². The molecule has 0 radical (unpaired) electrons. The molecule has 1 amide bonds. The van der Waals surface area contributed by atoms with Crippen LogP contribution in [0.4, 0.5) is 11.7 Å². The molecule has 0 aliphatic carbocycles. The van der Waals surface area contributed by atoms with Gasteiger partial charge in [-0.05, 0) is 25.5 Å². The second kappa shape index (κ2) is 7.13. The first-order valence-electron chi connectivity index (χ1n) is 7.84. The van der Waals surface area contributed by atoms with Crippen molar-refractivity contribution in [2.45, 2.75) is 26.3 Å². The molecule has 0 atom stereocenters. The highest BCUT2D eigenvalue weighted by Gasteiger charge is 2.15. The van der Waals surface area contributed by atoms with E-state index in [1.807, 2.05) is 13.8 Å². The zero-order valence-corrected chi connectivity index (χ0v) is 14.1. The van der Waals surface area contributed by atoms with Gasteiger partial charge in [0.15, 0.2) is 0 Å². The number of hydrogen-bond donors (Lipinski definition) is 1. The summed E-state index contributed by atoms with van der Waals surface area (Å²) in [5, 5.41) is 25.1. The fraction of sp³-hybridized carbons (Fsp3) is 0.250. The SMILES string of the molecule is CC(C)n1ccc(-c2nnc(NC(=O)Cc3ccc([N+](=O)[O-])cc3)o2)n1. The van der Waals surface area contributed by atoms with Crippen molar-refractivity contribution in [1.82, 2.24) is 20.0 Å². The van der Waals surface area contributed by atoms with Crippen molar-refractivity contribution < 1.29 is 14.1 Å². The average Bonchev–Trinajstić information content (AvgIpc) is 3.24. The van der Waals surface area contributed by atoms with Gasteiger partial charge in [-0.3, -0.25) is 24.9 Å². The summed E-state index contributed by atoms with van der Waals surface area (Å²) in [6.45, 7) is 3.99. The standard InChI is InChI=1S/C16H16N6O4/c1-10(2)21-8-7-13(20-21)15-18-19-16(26-15)17-14(23)9-11-3-5-12(6-4-11)22(24)25/h3-8,10H,9H2,1-2H3,(H,17,19,23). The van der Waals surface area contributed by atoms with Crippen LogP contribution in [0.2, 0.25) is 0 Å². The van der Waals surface area contributed by atoms with Crippen LogP contribution in [0.15, 0.2) is 40.9 Å². The predicted molar refractivity (Wildman–Crippen MR) is 91.3 cm³/mol. The van der Waals surface area contributed by atoms with Crippen molar-refractivity contribution >= 4 is 17.6 Å². The van der Waals surface area contributed by atoms with E-state index in [0.29, 0.717) is 11.3 Å². The molecule has 0 saturated carbocycles. The highest BCUT2D eigenvalue weighted by Crippen LogP contribution is 2.19. The number of nitrogens with one attached hydrogen (secondary N) is 1. The molecule has 0 saturated heterocycles. The van der Waals surface area contributed by atoms with Crippen molar-refractivity contribution in [2.24, 2.45) is 0 Å². The smallest absolute Gasteiger partial charge is 0.322 e. The summed E-state index contributed by atoms with van der Waals surface area (Å²) in [6.07, 6.45) is 1.83. The summed E-state index contributed by atoms with van der Waals surface area (Å²) < 4.78 is 7.16. The van der Waals surface area contributed by atoms with E-state index in [1.54, 1.807) is 16.9 Å². The Kier molecular flexibility index (Phi) is 4.74. The molecule has 10 nitrogen and oxygen atoms in total. The largest absolute Gasteiger partial charge is 0.401 e. The lowest BCUT2D eigenvalue weighted by Crippen LogP contribution is -2.14. The summed E-state index contributed by atoms with van der Waals surface area (Å²) in [4.78, 5) is 22.2. The molecule has 0 spiro atoms. The van der Waals surface area contributed by atoms with Gasteiger partial charge >= 0.3 is 6.01 Å². The summed E-state index contributed by atoms with van der Waals surface area (Å²) in [5.41, 5.74) is 1.11. The van der Waals surface area contributed by atoms with E-state index in [4.69, 9.17) is 4.42 Å². The fourth-order valence-corrected chi connectivity index (χ4v) is 2.20. The zero-order chi connectivity index (χ0) is 18.7. The van der Waals surface area contributed by atoms with Gasteiger partial charge in [-0.1, -0.05) is 17.2 Å². The third-order valence-electron chi connectivity index (χ3n) is 3.54. The Bertz CT molecular complexity index is 928. The highest BCUT2D eigenvalue weighted by molar-refractivity contribution is 5.90. The average molecular weight is 356 g/mol. The number of rotatable bonds is 6. The molecule has 134 valence electrons. The molecule has 0 aliphatic rings. The topological polar surface area (TPSA) is 129 Å². The molecule has 3 rings (SSSR count). The van der Waals surface area contributed by atoms with E-state index < -0.39 is 4.92 Å². The van der Waals surface area contributed by atoms with E-state index in [9.17, 15) is 14.9 Å². The van der Waals surface area contributed by atoms with Crippen LogP contribution in [0.1, 0.15) is 25.5 Å². The number of anilines is 1. The van der Waals surface area contributed by atoms with E-state index in [0.717, 1.165) is 0 Å². The van der Waals surface area contributed by atoms with Gasteiger partial charge in [-0.2, -0.15) is 5.10 Å². The summed E-state index contributed by atoms with van der Waals surface area (Å²) in [6, 6.07) is 7.65. The number of carbonyl (C=O) groups is 1. The van der Waals surface area contributed by atoms with Gasteiger partial charge in [0.05, 0.1) is 11.3 Å². The van der Waals surface area contributed by atoms with Crippen LogP contribution in [0.25, 0.3) is 11.6 Å². The number of benzene rings is 1. The monoisotopic (exact) mass is 356 g/mol. The van der Waals surface area contributed by atoms with E-state index >= 15 is 0 Å². The number of nitrogens with zero attached hydrogens (tertiary/aromatic N) is 5. The van der Waals surface area contributed by atoms with E-state index in [2.05, 4.69) is 20.6 Å². The van der Waals surface area contributed by atoms with Crippen LogP contribution in [-0.2, 0) is 11.2 Å². The van der Waals surface area contributed by atoms with E-state index in [-0.39, 0.29) is 36.0 Å². The van der Waals surface area contributed by atoms with Crippen LogP contribution >= 0.6 is 0 Å². The number of aromatic nitrogens is 4. The predicted octanol–water partition coefficient (Wildman–Crippen LogP) is 2.60. The minimum absolute atomic E-state index is 0.0255. The molecular formula is C16H16N6O4. The van der Waals surface area contributed by atoms with Gasteiger partial charge < -0.3 is 4.42 Å². The first kappa shape index (κ1) is 17.3. The van der Waals surface area contributed by atoms with Gasteiger partial charge in [-0.25, -0.2) is 0 Å². The summed E-state index contributed by atoms with van der Waals surface area (Å²) >= 11 is 0. The molecule has 26 heavy (non-hydrogen) atoms. The maximum Gasteiger partial charge on any atom is 0.322 e. The molecule has 1 aromatic carbocycles. The van der Waals surface area contributed by atoms with Crippen molar-refractivity contribution in [1.29, 1.82) is 0 Å². The van der Waals surface area contributed by atoms with Crippen molar-refractivity contribution in [3.05, 3.63) is 52.2 Å². The third kappa shape index (κ3) is 3.91. The van der Waals surface area contributed by atoms with Gasteiger partial charge in [0.25, 0.3) is 11.6 Å². The number of carbonyl (C=O) groups excluding carboxylic acids is 1. The van der Waals surface area contributed by atoms with Crippen LogP contribution in [0, 0.1) is 10.1 Å². The maximum atomic E-state index is 12.0. The molecular weight excluding hydrogens is 340 g/mol. The minimum atomic E-state index is -0.496. The van der Waals surface area contributed by atoms with Crippen molar-refractivity contribution in [2.75, 3.05) is 5.32 Å². The maximum absolute atomic E-state index is 12.0. The Morgan fingerprint density at radius 2 is 2.00 bits per heavy atom. The molecule has 0 fully saturated rings. The van der Waals surface area contributed by atoms with Gasteiger partial charge in [0, 0.05) is 24.4 Å². The Morgan fingerprint density at radius 3 is 2.62 bits per heavy atom. The molecule has 2 aromatic heterocycles. The molecule has 3 aromatic rings. The highest BCUT2D eigenvalue weighted by atomic mass is 16.6. The van der Waals surface area contributed by atoms with Gasteiger partial charge in [0.1, 0.15) is 5.69 Å². The first-order valence-corrected chi connectivity index (χ1v) is 7.84. The number of non-ortho nitro benzene ring substituents is 1. The lowest BCUT2D eigenvalue weighted by atomic mass is 10.1. The van der Waals surface area contributed by atoms with Crippen molar-refractivity contribution in [3.8, 4) is 11.6 Å². The van der Waals surface area contributed by atoms with Crippen LogP contribution in [0.3, 0.4) is 0 Å². The second-order valence-corrected chi connectivity index (χ2v) is 5.84. The fourth-order valence-electron chi connectivity index (χ4n) is 2.20. The Morgan fingerprint density at radius 1 is 1.27 bits per heavy atom. The van der Waals surface area contributed by atoms with Gasteiger partial charge in [0.2, 0.25) is 5.91 Å². The Hall–Kier alpha value is -3.56. The Balaban J connectivity index is 1.62. The van der Waals surface area contributed by atoms with Crippen LogP contribution in [-0.4, -0.2) is 30.8 Å². The van der Waals surface area contributed by atoms with Crippen molar-refractivity contribution in [3.63, 3.8) is 0 Å². The van der Waals surface area contributed by atoms with E-state index in [1.165, 1.54) is 24.3 Å². The first-order chi connectivity index (χ1) is 12.4. The normalized spacial score (nSPS) is 10.9. The number of hydrogen-bond acceptors (Lipinski definition) is 7. The molecule has 2 heterocycles.